The zero-order valence-corrected chi connectivity index (χ0v) is 16.1. The number of Topliss-reactive ketones (excluding diaryl/α,β-unsaturated/α-hetero) is 1. The lowest BCUT2D eigenvalue weighted by atomic mass is 10.1. The molecule has 0 atom stereocenters. The summed E-state index contributed by atoms with van der Waals surface area (Å²) in [5.74, 6) is -1.08. The molecule has 0 fully saturated rings. The lowest BCUT2D eigenvalue weighted by Gasteiger charge is -2.18. The maximum Gasteiger partial charge on any atom is 0.325 e. The number of fused-ring (bicyclic) bond motifs is 1. The smallest absolute Gasteiger partial charge is 0.325 e. The number of nitrogens with zero attached hydrogens (tertiary/aromatic N) is 1. The molecule has 0 saturated heterocycles. The SMILES string of the molecule is O=C(CNC(=O)c1ccc(Cl)c([N+](=O)[O-])c1)OCC(=O)c1ccc2c(c1)OCCO2. The van der Waals surface area contributed by atoms with E-state index in [-0.39, 0.29) is 16.1 Å². The second-order valence-electron chi connectivity index (χ2n) is 6.05. The van der Waals surface area contributed by atoms with Gasteiger partial charge in [0.1, 0.15) is 24.8 Å². The number of hydrogen-bond donors (Lipinski definition) is 1. The van der Waals surface area contributed by atoms with E-state index in [0.717, 1.165) is 6.07 Å². The van der Waals surface area contributed by atoms with Crippen LogP contribution in [0.2, 0.25) is 5.02 Å². The third kappa shape index (κ3) is 5.03. The van der Waals surface area contributed by atoms with Gasteiger partial charge in [0.2, 0.25) is 0 Å². The number of nitro groups is 1. The highest BCUT2D eigenvalue weighted by Gasteiger charge is 2.18. The number of ketones is 1. The van der Waals surface area contributed by atoms with Crippen molar-refractivity contribution in [2.75, 3.05) is 26.4 Å². The number of amides is 1. The summed E-state index contributed by atoms with van der Waals surface area (Å²) >= 11 is 5.69. The van der Waals surface area contributed by atoms with Crippen LogP contribution in [0.5, 0.6) is 11.5 Å². The molecular formula is C19H15ClN2O8. The third-order valence-electron chi connectivity index (χ3n) is 4.03. The highest BCUT2D eigenvalue weighted by molar-refractivity contribution is 6.32. The fourth-order valence-corrected chi connectivity index (χ4v) is 2.73. The van der Waals surface area contributed by atoms with Crippen molar-refractivity contribution < 1.29 is 33.5 Å². The number of rotatable bonds is 7. The van der Waals surface area contributed by atoms with E-state index in [2.05, 4.69) is 5.32 Å². The Labute approximate surface area is 174 Å². The second-order valence-corrected chi connectivity index (χ2v) is 6.46. The Kier molecular flexibility index (Phi) is 6.48. The molecule has 1 amide bonds. The minimum atomic E-state index is -0.849. The normalized spacial score (nSPS) is 12.0. The van der Waals surface area contributed by atoms with E-state index < -0.39 is 41.4 Å². The molecule has 156 valence electrons. The van der Waals surface area contributed by atoms with Crippen molar-refractivity contribution in [3.05, 3.63) is 62.7 Å². The molecule has 0 radical (unpaired) electrons. The first-order chi connectivity index (χ1) is 14.3. The predicted molar refractivity (Wildman–Crippen MR) is 103 cm³/mol. The summed E-state index contributed by atoms with van der Waals surface area (Å²) < 4.78 is 15.6. The summed E-state index contributed by atoms with van der Waals surface area (Å²) in [6.07, 6.45) is 0. The van der Waals surface area contributed by atoms with Crippen molar-refractivity contribution in [2.45, 2.75) is 0 Å². The van der Waals surface area contributed by atoms with Crippen LogP contribution < -0.4 is 14.8 Å². The van der Waals surface area contributed by atoms with Crippen LogP contribution in [0.4, 0.5) is 5.69 Å². The molecule has 30 heavy (non-hydrogen) atoms. The second kappa shape index (κ2) is 9.23. The van der Waals surface area contributed by atoms with Gasteiger partial charge in [-0.05, 0) is 30.3 Å². The van der Waals surface area contributed by atoms with Crippen LogP contribution in [-0.2, 0) is 9.53 Å². The lowest BCUT2D eigenvalue weighted by molar-refractivity contribution is -0.384. The number of ether oxygens (including phenoxy) is 3. The molecule has 10 nitrogen and oxygen atoms in total. The Morgan fingerprint density at radius 1 is 1.07 bits per heavy atom. The Morgan fingerprint density at radius 2 is 1.77 bits per heavy atom. The van der Waals surface area contributed by atoms with Gasteiger partial charge in [0.15, 0.2) is 23.9 Å². The number of nitrogens with one attached hydrogen (secondary N) is 1. The van der Waals surface area contributed by atoms with Crippen LogP contribution in [0.3, 0.4) is 0 Å². The molecule has 0 aliphatic carbocycles. The van der Waals surface area contributed by atoms with Crippen molar-refractivity contribution >= 4 is 34.9 Å². The van der Waals surface area contributed by atoms with Crippen LogP contribution in [0.25, 0.3) is 0 Å². The Bertz CT molecular complexity index is 1020. The molecule has 1 aliphatic rings. The van der Waals surface area contributed by atoms with Crippen molar-refractivity contribution in [3.63, 3.8) is 0 Å². The van der Waals surface area contributed by atoms with Gasteiger partial charge in [-0.1, -0.05) is 11.6 Å². The number of benzene rings is 2. The van der Waals surface area contributed by atoms with E-state index in [1.807, 2.05) is 0 Å². The van der Waals surface area contributed by atoms with E-state index in [9.17, 15) is 24.5 Å². The first-order valence-corrected chi connectivity index (χ1v) is 9.03. The fourth-order valence-electron chi connectivity index (χ4n) is 2.55. The zero-order chi connectivity index (χ0) is 21.7. The summed E-state index contributed by atoms with van der Waals surface area (Å²) in [6, 6.07) is 8.10. The van der Waals surface area contributed by atoms with Crippen LogP contribution in [-0.4, -0.2) is 48.9 Å². The number of carbonyl (C=O) groups excluding carboxylic acids is 3. The highest BCUT2D eigenvalue weighted by atomic mass is 35.5. The minimum absolute atomic E-state index is 0.0498. The average Bonchev–Trinajstić information content (AvgIpc) is 2.75. The largest absolute Gasteiger partial charge is 0.486 e. The molecule has 0 spiro atoms. The van der Waals surface area contributed by atoms with E-state index in [1.165, 1.54) is 24.3 Å². The topological polar surface area (TPSA) is 134 Å². The fraction of sp³-hybridized carbons (Fsp3) is 0.211. The van der Waals surface area contributed by atoms with Crippen molar-refractivity contribution in [3.8, 4) is 11.5 Å². The summed E-state index contributed by atoms with van der Waals surface area (Å²) in [5.41, 5.74) is -0.201. The van der Waals surface area contributed by atoms with Gasteiger partial charge in [-0.15, -0.1) is 0 Å². The van der Waals surface area contributed by atoms with E-state index in [1.54, 1.807) is 6.07 Å². The molecule has 1 N–H and O–H groups in total. The van der Waals surface area contributed by atoms with Crippen molar-refractivity contribution in [1.82, 2.24) is 5.32 Å². The molecule has 2 aromatic carbocycles. The number of nitro benzene ring substituents is 1. The third-order valence-corrected chi connectivity index (χ3v) is 4.35. The van der Waals surface area contributed by atoms with Gasteiger partial charge in [-0.2, -0.15) is 0 Å². The molecule has 0 unspecified atom stereocenters. The molecule has 0 saturated carbocycles. The Morgan fingerprint density at radius 3 is 2.50 bits per heavy atom. The maximum absolute atomic E-state index is 12.2. The Hall–Kier alpha value is -3.66. The number of esters is 1. The van der Waals surface area contributed by atoms with Gasteiger partial charge >= 0.3 is 5.97 Å². The lowest BCUT2D eigenvalue weighted by Crippen LogP contribution is -2.31. The summed E-state index contributed by atoms with van der Waals surface area (Å²) in [4.78, 5) is 46.2. The monoisotopic (exact) mass is 434 g/mol. The molecule has 1 heterocycles. The quantitative estimate of drug-likeness (QED) is 0.303. The van der Waals surface area contributed by atoms with E-state index in [0.29, 0.717) is 24.7 Å². The standard InChI is InChI=1S/C19H15ClN2O8/c20-13-3-1-12(7-14(13)22(26)27)19(25)21-9-18(24)30-10-15(23)11-2-4-16-17(8-11)29-6-5-28-16/h1-4,7-8H,5-6,9-10H2,(H,21,25). The highest BCUT2D eigenvalue weighted by Crippen LogP contribution is 2.30. The summed E-state index contributed by atoms with van der Waals surface area (Å²) in [6.45, 7) is -0.256. The molecule has 1 aliphatic heterocycles. The van der Waals surface area contributed by atoms with Crippen LogP contribution in [0, 0.1) is 10.1 Å². The van der Waals surface area contributed by atoms with Crippen LogP contribution >= 0.6 is 11.6 Å². The van der Waals surface area contributed by atoms with E-state index in [4.69, 9.17) is 25.8 Å². The average molecular weight is 435 g/mol. The Balaban J connectivity index is 1.50. The van der Waals surface area contributed by atoms with E-state index >= 15 is 0 Å². The van der Waals surface area contributed by atoms with Gasteiger partial charge < -0.3 is 19.5 Å². The van der Waals surface area contributed by atoms with Crippen LogP contribution in [0.15, 0.2) is 36.4 Å². The zero-order valence-electron chi connectivity index (χ0n) is 15.4. The maximum atomic E-state index is 12.2. The summed E-state index contributed by atoms with van der Waals surface area (Å²) in [5, 5.41) is 13.0. The first kappa shape index (κ1) is 21.1. The number of hydrogen-bond acceptors (Lipinski definition) is 8. The number of halogens is 1. The molecule has 2 aromatic rings. The van der Waals surface area contributed by atoms with Gasteiger partial charge in [-0.3, -0.25) is 24.5 Å². The molecule has 0 bridgehead atoms. The van der Waals surface area contributed by atoms with Gasteiger partial charge in [0.25, 0.3) is 11.6 Å². The molecule has 0 aromatic heterocycles. The predicted octanol–water partition coefficient (Wildman–Crippen LogP) is 2.18. The molecular weight excluding hydrogens is 420 g/mol. The van der Waals surface area contributed by atoms with Gasteiger partial charge in [-0.25, -0.2) is 0 Å². The minimum Gasteiger partial charge on any atom is -0.486 e. The van der Waals surface area contributed by atoms with Crippen molar-refractivity contribution in [1.29, 1.82) is 0 Å². The van der Waals surface area contributed by atoms with Gasteiger partial charge in [0.05, 0.1) is 4.92 Å². The molecule has 11 heteroatoms. The van der Waals surface area contributed by atoms with Gasteiger partial charge in [0, 0.05) is 17.2 Å². The van der Waals surface area contributed by atoms with Crippen LogP contribution in [0.1, 0.15) is 20.7 Å². The number of carbonyl (C=O) groups is 3. The first-order valence-electron chi connectivity index (χ1n) is 8.66. The summed E-state index contributed by atoms with van der Waals surface area (Å²) in [7, 11) is 0. The molecule has 3 rings (SSSR count). The van der Waals surface area contributed by atoms with Crippen molar-refractivity contribution in [2.24, 2.45) is 0 Å².